The zero-order chi connectivity index (χ0) is 16.4. The van der Waals surface area contributed by atoms with Gasteiger partial charge in [-0.2, -0.15) is 0 Å². The number of amides is 2. The highest BCUT2D eigenvalue weighted by Crippen LogP contribution is 2.29. The maximum atomic E-state index is 12.8. The molecule has 1 aromatic carbocycles. The molecule has 132 valence electrons. The minimum Gasteiger partial charge on any atom is -0.337 e. The Bertz CT molecular complexity index is 613. The Labute approximate surface area is 153 Å². The van der Waals surface area contributed by atoms with Gasteiger partial charge in [0.2, 0.25) is 11.8 Å². The molecule has 2 heterocycles. The van der Waals surface area contributed by atoms with Crippen molar-refractivity contribution in [3.8, 4) is 0 Å². The smallest absolute Gasteiger partial charge is 0.228 e. The van der Waals surface area contributed by atoms with Crippen molar-refractivity contribution in [1.82, 2.24) is 10.2 Å². The number of halogens is 1. The molecular weight excluding hydrogens is 346 g/mol. The van der Waals surface area contributed by atoms with Crippen LogP contribution in [0.15, 0.2) is 29.2 Å². The van der Waals surface area contributed by atoms with Crippen LogP contribution in [0.4, 0.5) is 5.69 Å². The molecule has 3 rings (SSSR count). The fourth-order valence-electron chi connectivity index (χ4n) is 3.30. The van der Waals surface area contributed by atoms with Crippen molar-refractivity contribution >= 4 is 41.7 Å². The summed E-state index contributed by atoms with van der Waals surface area (Å²) in [5, 5.41) is 3.29. The zero-order valence-corrected chi connectivity index (χ0v) is 15.7. The van der Waals surface area contributed by atoms with Gasteiger partial charge >= 0.3 is 0 Å². The monoisotopic (exact) mass is 369 g/mol. The Morgan fingerprint density at radius 2 is 2.17 bits per heavy atom. The predicted molar refractivity (Wildman–Crippen MR) is 100.0 cm³/mol. The summed E-state index contributed by atoms with van der Waals surface area (Å²) in [6, 6.07) is 8.14. The van der Waals surface area contributed by atoms with Gasteiger partial charge in [0, 0.05) is 49.2 Å². The highest BCUT2D eigenvalue weighted by atomic mass is 35.5. The second kappa shape index (κ2) is 8.23. The maximum Gasteiger partial charge on any atom is 0.228 e. The summed E-state index contributed by atoms with van der Waals surface area (Å²) >= 11 is 1.65. The molecule has 1 aromatic rings. The van der Waals surface area contributed by atoms with Crippen LogP contribution < -0.4 is 10.2 Å². The molecule has 2 saturated heterocycles. The molecule has 2 fully saturated rings. The summed E-state index contributed by atoms with van der Waals surface area (Å²) in [7, 11) is 0. The Morgan fingerprint density at radius 3 is 2.88 bits per heavy atom. The number of anilines is 1. The van der Waals surface area contributed by atoms with Gasteiger partial charge in [-0.3, -0.25) is 9.59 Å². The van der Waals surface area contributed by atoms with E-state index in [9.17, 15) is 9.59 Å². The fraction of sp³-hybridized carbons (Fsp3) is 0.529. The number of thioether (sulfide) groups is 1. The number of piperazine rings is 1. The second-order valence-electron chi connectivity index (χ2n) is 6.19. The van der Waals surface area contributed by atoms with E-state index in [0.29, 0.717) is 13.0 Å². The first-order valence-electron chi connectivity index (χ1n) is 8.05. The average Bonchev–Trinajstić information content (AvgIpc) is 2.96. The Kier molecular flexibility index (Phi) is 6.54. The molecule has 1 unspecified atom stereocenters. The van der Waals surface area contributed by atoms with E-state index in [0.717, 1.165) is 30.2 Å². The van der Waals surface area contributed by atoms with Gasteiger partial charge in [0.1, 0.15) is 0 Å². The highest BCUT2D eigenvalue weighted by Gasteiger charge is 2.38. The number of benzene rings is 1. The Morgan fingerprint density at radius 1 is 1.38 bits per heavy atom. The van der Waals surface area contributed by atoms with E-state index in [4.69, 9.17) is 0 Å². The van der Waals surface area contributed by atoms with Gasteiger partial charge in [-0.15, -0.1) is 24.2 Å². The molecule has 0 spiro atoms. The zero-order valence-electron chi connectivity index (χ0n) is 14.0. The quantitative estimate of drug-likeness (QED) is 0.828. The normalized spacial score (nSPS) is 24.0. The third-order valence-electron chi connectivity index (χ3n) is 4.62. The van der Waals surface area contributed by atoms with E-state index in [1.165, 1.54) is 0 Å². The highest BCUT2D eigenvalue weighted by molar-refractivity contribution is 7.98. The molecule has 2 aliphatic heterocycles. The second-order valence-corrected chi connectivity index (χ2v) is 7.07. The van der Waals surface area contributed by atoms with Crippen molar-refractivity contribution in [3.05, 3.63) is 24.3 Å². The van der Waals surface area contributed by atoms with E-state index < -0.39 is 0 Å². The molecule has 0 radical (unpaired) electrons. The number of carbonyl (C=O) groups is 2. The molecule has 0 saturated carbocycles. The minimum absolute atomic E-state index is 0. The lowest BCUT2D eigenvalue weighted by atomic mass is 10.1. The molecule has 5 nitrogen and oxygen atoms in total. The summed E-state index contributed by atoms with van der Waals surface area (Å²) in [6.45, 7) is 4.93. The lowest BCUT2D eigenvalue weighted by Gasteiger charge is -2.35. The molecule has 1 N–H and O–H groups in total. The first kappa shape index (κ1) is 19.1. The van der Waals surface area contributed by atoms with Crippen molar-refractivity contribution in [2.75, 3.05) is 37.3 Å². The standard InChI is InChI=1S/C17H23N3O2S.ClH/c1-12-10-18-6-7-19(12)17(22)13-8-16(21)20(11-13)14-4-3-5-15(9-14)23-2;/h3-5,9,12-13,18H,6-8,10-11H2,1-2H3;1H/t12-,13?;/m1./s1. The summed E-state index contributed by atoms with van der Waals surface area (Å²) in [5.41, 5.74) is 0.894. The molecule has 0 aromatic heterocycles. The van der Waals surface area contributed by atoms with Crippen LogP contribution in [0.25, 0.3) is 0 Å². The maximum absolute atomic E-state index is 12.8. The number of rotatable bonds is 3. The molecule has 7 heteroatoms. The first-order chi connectivity index (χ1) is 11.1. The van der Waals surface area contributed by atoms with E-state index in [1.807, 2.05) is 35.4 Å². The number of nitrogens with one attached hydrogen (secondary N) is 1. The molecule has 0 bridgehead atoms. The van der Waals surface area contributed by atoms with Crippen LogP contribution in [0.2, 0.25) is 0 Å². The van der Waals surface area contributed by atoms with Gasteiger partial charge in [0.15, 0.2) is 0 Å². The molecular formula is C17H24ClN3O2S. The van der Waals surface area contributed by atoms with Gasteiger partial charge in [-0.25, -0.2) is 0 Å². The Hall–Kier alpha value is -1.24. The van der Waals surface area contributed by atoms with Crippen LogP contribution in [-0.4, -0.2) is 55.2 Å². The number of hydrogen-bond donors (Lipinski definition) is 1. The topological polar surface area (TPSA) is 52.7 Å². The average molecular weight is 370 g/mol. The molecule has 24 heavy (non-hydrogen) atoms. The van der Waals surface area contributed by atoms with E-state index in [-0.39, 0.29) is 36.2 Å². The van der Waals surface area contributed by atoms with Crippen molar-refractivity contribution in [2.45, 2.75) is 24.3 Å². The van der Waals surface area contributed by atoms with Gasteiger partial charge in [-0.05, 0) is 31.4 Å². The fourth-order valence-corrected chi connectivity index (χ4v) is 3.76. The number of hydrogen-bond acceptors (Lipinski definition) is 4. The largest absolute Gasteiger partial charge is 0.337 e. The van der Waals surface area contributed by atoms with Gasteiger partial charge in [0.05, 0.1) is 5.92 Å². The first-order valence-corrected chi connectivity index (χ1v) is 9.28. The molecule has 2 aliphatic rings. The molecule has 0 aliphatic carbocycles. The van der Waals surface area contributed by atoms with Crippen LogP contribution in [-0.2, 0) is 9.59 Å². The third kappa shape index (κ3) is 3.87. The Balaban J connectivity index is 0.00000208. The lowest BCUT2D eigenvalue weighted by molar-refractivity contribution is -0.138. The van der Waals surface area contributed by atoms with E-state index in [1.54, 1.807) is 16.7 Å². The van der Waals surface area contributed by atoms with Gasteiger partial charge in [0.25, 0.3) is 0 Å². The summed E-state index contributed by atoms with van der Waals surface area (Å²) in [5.74, 6) is -0.0544. The van der Waals surface area contributed by atoms with Crippen molar-refractivity contribution < 1.29 is 9.59 Å². The van der Waals surface area contributed by atoms with Crippen molar-refractivity contribution in [2.24, 2.45) is 5.92 Å². The van der Waals surface area contributed by atoms with Crippen LogP contribution in [0.5, 0.6) is 0 Å². The minimum atomic E-state index is -0.221. The number of nitrogens with zero attached hydrogens (tertiary/aromatic N) is 2. The third-order valence-corrected chi connectivity index (χ3v) is 5.35. The van der Waals surface area contributed by atoms with Crippen LogP contribution in [0.1, 0.15) is 13.3 Å². The van der Waals surface area contributed by atoms with Gasteiger partial charge in [-0.1, -0.05) is 6.07 Å². The van der Waals surface area contributed by atoms with E-state index in [2.05, 4.69) is 12.2 Å². The van der Waals surface area contributed by atoms with Gasteiger partial charge < -0.3 is 15.1 Å². The lowest BCUT2D eigenvalue weighted by Crippen LogP contribution is -2.54. The van der Waals surface area contributed by atoms with Crippen LogP contribution >= 0.6 is 24.2 Å². The molecule has 2 atom stereocenters. The number of carbonyl (C=O) groups excluding carboxylic acids is 2. The van der Waals surface area contributed by atoms with E-state index >= 15 is 0 Å². The van der Waals surface area contributed by atoms with Crippen molar-refractivity contribution in [3.63, 3.8) is 0 Å². The van der Waals surface area contributed by atoms with Crippen LogP contribution in [0.3, 0.4) is 0 Å². The van der Waals surface area contributed by atoms with Crippen LogP contribution in [0, 0.1) is 5.92 Å². The SMILES string of the molecule is CSc1cccc(N2CC(C(=O)N3CCNC[C@H]3C)CC2=O)c1.Cl. The molecule has 2 amide bonds. The summed E-state index contributed by atoms with van der Waals surface area (Å²) < 4.78 is 0. The van der Waals surface area contributed by atoms with Crippen molar-refractivity contribution in [1.29, 1.82) is 0 Å². The summed E-state index contributed by atoms with van der Waals surface area (Å²) in [6.07, 6.45) is 2.34. The predicted octanol–water partition coefficient (Wildman–Crippen LogP) is 2.00. The summed E-state index contributed by atoms with van der Waals surface area (Å²) in [4.78, 5) is 30.0.